The fourth-order valence-electron chi connectivity index (χ4n) is 5.72. The Kier molecular flexibility index (Phi) is 32.0. The molecule has 0 saturated heterocycles. The lowest BCUT2D eigenvalue weighted by molar-refractivity contribution is -0.889. The van der Waals surface area contributed by atoms with Gasteiger partial charge in [-0.25, -0.2) is 0 Å². The number of rotatable bonds is 35. The summed E-state index contributed by atoms with van der Waals surface area (Å²) in [7, 11) is 5.39. The molecule has 0 amide bonds. The summed E-state index contributed by atoms with van der Waals surface area (Å²) in [6.45, 7) is 4.50. The van der Waals surface area contributed by atoms with Crippen molar-refractivity contribution in [3.63, 3.8) is 0 Å². The van der Waals surface area contributed by atoms with E-state index >= 15 is 0 Å². The maximum Gasteiger partial charge on any atom is 0.306 e. The number of likely N-dealkylation sites (N-methyl/N-ethyl adjacent to an activating group) is 1. The molecule has 290 valence electrons. The molecule has 0 aliphatic carbocycles. The van der Waals surface area contributed by atoms with Crippen LogP contribution in [0.3, 0.4) is 0 Å². The number of aliphatic carboxylic acids is 1. The van der Waals surface area contributed by atoms with E-state index in [1.165, 1.54) is 70.6 Å². The zero-order valence-corrected chi connectivity index (χ0v) is 32.8. The lowest BCUT2D eigenvalue weighted by atomic mass is 10.1. The summed E-state index contributed by atoms with van der Waals surface area (Å²) < 4.78 is 17.1. The van der Waals surface area contributed by atoms with Crippen molar-refractivity contribution in [2.75, 3.05) is 41.0 Å². The quantitative estimate of drug-likeness (QED) is 0.0281. The molecule has 0 bridgehead atoms. The molecule has 0 rings (SSSR count). The van der Waals surface area contributed by atoms with Crippen LogP contribution in [-0.4, -0.2) is 75.5 Å². The topological polar surface area (TPSA) is 102 Å². The third-order valence-corrected chi connectivity index (χ3v) is 8.85. The van der Waals surface area contributed by atoms with Gasteiger partial charge in [-0.2, -0.15) is 0 Å². The van der Waals surface area contributed by atoms with Gasteiger partial charge >= 0.3 is 11.9 Å². The first kappa shape index (κ1) is 47.5. The molecule has 0 aliphatic rings. The fraction of sp³-hybridized carbons (Fsp3) is 0.786. The van der Waals surface area contributed by atoms with Gasteiger partial charge in [0.15, 0.2) is 6.10 Å². The van der Waals surface area contributed by atoms with Gasteiger partial charge in [0.1, 0.15) is 12.6 Å². The zero-order chi connectivity index (χ0) is 37.1. The minimum Gasteiger partial charge on any atom is -0.544 e. The van der Waals surface area contributed by atoms with Gasteiger partial charge in [-0.05, 0) is 32.1 Å². The monoisotopic (exact) mass is 706 g/mol. The number of allylic oxidation sites excluding steroid dienone is 6. The van der Waals surface area contributed by atoms with E-state index in [4.69, 9.17) is 14.2 Å². The molecule has 0 aromatic rings. The summed E-state index contributed by atoms with van der Waals surface area (Å²) in [6, 6.07) is -0.725. The number of quaternary nitrogens is 1. The third-order valence-electron chi connectivity index (χ3n) is 8.85. The molecule has 8 nitrogen and oxygen atoms in total. The molecule has 0 fully saturated rings. The van der Waals surface area contributed by atoms with E-state index in [-0.39, 0.29) is 42.7 Å². The minimum atomic E-state index is -1.13. The number of hydrogen-bond donors (Lipinski definition) is 0. The molecule has 0 saturated carbocycles. The lowest BCUT2D eigenvalue weighted by Crippen LogP contribution is -2.55. The molecular formula is C42H75NO7. The molecule has 0 aliphatic heterocycles. The Bertz CT molecular complexity index is 922. The van der Waals surface area contributed by atoms with Crippen LogP contribution >= 0.6 is 0 Å². The normalized spacial score (nSPS) is 13.4. The number of esters is 2. The van der Waals surface area contributed by atoms with Crippen LogP contribution in [0.4, 0.5) is 0 Å². The average molecular weight is 706 g/mol. The van der Waals surface area contributed by atoms with Crippen LogP contribution in [0, 0.1) is 0 Å². The maximum absolute atomic E-state index is 12.7. The van der Waals surface area contributed by atoms with Crippen LogP contribution in [0.25, 0.3) is 0 Å². The van der Waals surface area contributed by atoms with Crippen molar-refractivity contribution in [2.45, 2.75) is 174 Å². The molecule has 2 unspecified atom stereocenters. The first-order valence-corrected chi connectivity index (χ1v) is 20.0. The Morgan fingerprint density at radius 3 is 1.64 bits per heavy atom. The van der Waals surface area contributed by atoms with E-state index in [0.717, 1.165) is 57.8 Å². The Labute approximate surface area is 306 Å². The minimum absolute atomic E-state index is 0.0375. The van der Waals surface area contributed by atoms with Gasteiger partial charge in [-0.15, -0.1) is 0 Å². The Hall–Kier alpha value is -2.45. The number of carboxylic acid groups (broad SMARTS) is 1. The highest BCUT2D eigenvalue weighted by molar-refractivity contribution is 5.70. The van der Waals surface area contributed by atoms with Crippen LogP contribution in [0.15, 0.2) is 36.5 Å². The Balaban J connectivity index is 4.41. The number of carbonyl (C=O) groups is 3. The number of ether oxygens (including phenoxy) is 3. The van der Waals surface area contributed by atoms with Crippen molar-refractivity contribution in [3.05, 3.63) is 36.5 Å². The summed E-state index contributed by atoms with van der Waals surface area (Å²) in [5.41, 5.74) is 0. The molecule has 2 atom stereocenters. The summed E-state index contributed by atoms with van der Waals surface area (Å²) in [6.07, 6.45) is 35.9. The van der Waals surface area contributed by atoms with Crippen molar-refractivity contribution in [2.24, 2.45) is 0 Å². The molecule has 0 spiro atoms. The zero-order valence-electron chi connectivity index (χ0n) is 32.8. The van der Waals surface area contributed by atoms with Gasteiger partial charge in [0.05, 0.1) is 40.3 Å². The van der Waals surface area contributed by atoms with Gasteiger partial charge < -0.3 is 28.6 Å². The second kappa shape index (κ2) is 33.7. The summed E-state index contributed by atoms with van der Waals surface area (Å²) in [5, 5.41) is 11.6. The van der Waals surface area contributed by atoms with E-state index in [9.17, 15) is 19.5 Å². The van der Waals surface area contributed by atoms with Crippen molar-refractivity contribution in [1.82, 2.24) is 0 Å². The van der Waals surface area contributed by atoms with E-state index in [1.54, 1.807) is 21.1 Å². The molecule has 50 heavy (non-hydrogen) atoms. The highest BCUT2D eigenvalue weighted by Gasteiger charge is 2.25. The van der Waals surface area contributed by atoms with Crippen LogP contribution in [0.1, 0.15) is 162 Å². The van der Waals surface area contributed by atoms with E-state index in [0.29, 0.717) is 12.8 Å². The summed E-state index contributed by atoms with van der Waals surface area (Å²) in [5.74, 6) is -1.75. The van der Waals surface area contributed by atoms with Crippen LogP contribution in [-0.2, 0) is 28.6 Å². The summed E-state index contributed by atoms with van der Waals surface area (Å²) >= 11 is 0. The Morgan fingerprint density at radius 1 is 0.620 bits per heavy atom. The molecule has 0 aromatic heterocycles. The SMILES string of the molecule is CC/C=C/C=C/C=C/CCCCCCCCCC(=O)OC(COCCC(C(=O)[O-])[N+](C)(C)C)COC(=O)CCCCCCCCCCCCC. The number of carbonyl (C=O) groups excluding carboxylic acids is 3. The van der Waals surface area contributed by atoms with Gasteiger partial charge in [0.2, 0.25) is 0 Å². The van der Waals surface area contributed by atoms with Crippen LogP contribution < -0.4 is 5.11 Å². The van der Waals surface area contributed by atoms with Crippen molar-refractivity contribution >= 4 is 17.9 Å². The van der Waals surface area contributed by atoms with Gasteiger partial charge in [0, 0.05) is 19.3 Å². The average Bonchev–Trinajstić information content (AvgIpc) is 3.06. The number of unbranched alkanes of at least 4 members (excludes halogenated alkanes) is 17. The van der Waals surface area contributed by atoms with Gasteiger partial charge in [0.25, 0.3) is 0 Å². The number of nitrogens with zero attached hydrogens (tertiary/aromatic N) is 1. The molecular weight excluding hydrogens is 630 g/mol. The predicted molar refractivity (Wildman–Crippen MR) is 203 cm³/mol. The van der Waals surface area contributed by atoms with E-state index in [1.807, 2.05) is 0 Å². The second-order valence-corrected chi connectivity index (χ2v) is 14.6. The van der Waals surface area contributed by atoms with Gasteiger partial charge in [-0.1, -0.05) is 147 Å². The molecule has 8 heteroatoms. The largest absolute Gasteiger partial charge is 0.544 e. The third kappa shape index (κ3) is 31.5. The summed E-state index contributed by atoms with van der Waals surface area (Å²) in [4.78, 5) is 36.7. The fourth-order valence-corrected chi connectivity index (χ4v) is 5.72. The van der Waals surface area contributed by atoms with E-state index < -0.39 is 18.1 Å². The molecule has 0 heterocycles. The first-order valence-electron chi connectivity index (χ1n) is 20.0. The highest BCUT2D eigenvalue weighted by Crippen LogP contribution is 2.14. The number of carboxylic acids is 1. The molecule has 0 N–H and O–H groups in total. The predicted octanol–water partition coefficient (Wildman–Crippen LogP) is 8.96. The Morgan fingerprint density at radius 2 is 1.12 bits per heavy atom. The first-order chi connectivity index (χ1) is 24.1. The maximum atomic E-state index is 12.7. The standard InChI is InChI=1S/C42H75NO7/c1-6-8-10-12-14-16-18-19-20-21-23-25-27-29-31-33-41(45)50-38(36-48-35-34-39(42(46)47)43(3,4)5)37-49-40(44)32-30-28-26-24-22-17-15-13-11-9-7-2/h8,10,12,14,16,18,38-39H,6-7,9,11,13,15,17,19-37H2,1-5H3/b10-8+,14-12+,18-16+. The smallest absolute Gasteiger partial charge is 0.306 e. The second-order valence-electron chi connectivity index (χ2n) is 14.6. The van der Waals surface area contributed by atoms with Gasteiger partial charge in [-0.3, -0.25) is 9.59 Å². The van der Waals surface area contributed by atoms with Crippen LogP contribution in [0.5, 0.6) is 0 Å². The van der Waals surface area contributed by atoms with Crippen molar-refractivity contribution in [1.29, 1.82) is 0 Å². The number of hydrogen-bond acceptors (Lipinski definition) is 7. The van der Waals surface area contributed by atoms with Crippen molar-refractivity contribution in [3.8, 4) is 0 Å². The van der Waals surface area contributed by atoms with Crippen LogP contribution in [0.2, 0.25) is 0 Å². The van der Waals surface area contributed by atoms with Crippen molar-refractivity contribution < 1.29 is 38.2 Å². The highest BCUT2D eigenvalue weighted by atomic mass is 16.6. The molecule has 0 aromatic carbocycles. The lowest BCUT2D eigenvalue weighted by Gasteiger charge is -2.34. The van der Waals surface area contributed by atoms with E-state index in [2.05, 4.69) is 50.3 Å². The molecule has 0 radical (unpaired) electrons.